The predicted molar refractivity (Wildman–Crippen MR) is 93.0 cm³/mol. The Morgan fingerprint density at radius 1 is 1.04 bits per heavy atom. The summed E-state index contributed by atoms with van der Waals surface area (Å²) in [7, 11) is 0. The van der Waals surface area contributed by atoms with Gasteiger partial charge in [-0.3, -0.25) is 0 Å². The van der Waals surface area contributed by atoms with Crippen LogP contribution in [-0.2, 0) is 12.8 Å². The van der Waals surface area contributed by atoms with Gasteiger partial charge in [0.2, 0.25) is 5.82 Å². The summed E-state index contributed by atoms with van der Waals surface area (Å²) in [6, 6.07) is 14.1. The number of aromatic nitrogens is 2. The molecule has 3 aromatic rings. The van der Waals surface area contributed by atoms with Crippen molar-refractivity contribution in [1.82, 2.24) is 10.1 Å². The third-order valence-corrected chi connectivity index (χ3v) is 4.29. The maximum atomic E-state index is 5.66. The molecule has 24 heavy (non-hydrogen) atoms. The summed E-state index contributed by atoms with van der Waals surface area (Å²) in [5.41, 5.74) is 4.77. The quantitative estimate of drug-likeness (QED) is 0.700. The van der Waals surface area contributed by atoms with Crippen LogP contribution in [0, 0.1) is 0 Å². The molecule has 1 aliphatic rings. The Labute approximate surface area is 141 Å². The van der Waals surface area contributed by atoms with Crippen LogP contribution < -0.4 is 4.74 Å². The highest BCUT2D eigenvalue weighted by Crippen LogP contribution is 2.32. The molecule has 4 rings (SSSR count). The minimum absolute atomic E-state index is 0.158. The molecule has 1 heterocycles. The molecule has 122 valence electrons. The van der Waals surface area contributed by atoms with Crippen molar-refractivity contribution in [2.24, 2.45) is 0 Å². The smallest absolute Gasteiger partial charge is 0.258 e. The molecule has 1 aromatic heterocycles. The van der Waals surface area contributed by atoms with Crippen molar-refractivity contribution in [2.45, 2.75) is 39.2 Å². The van der Waals surface area contributed by atoms with Crippen LogP contribution in [0.15, 0.2) is 47.0 Å². The zero-order chi connectivity index (χ0) is 16.5. The molecule has 0 saturated heterocycles. The van der Waals surface area contributed by atoms with Gasteiger partial charge in [0.1, 0.15) is 5.75 Å². The van der Waals surface area contributed by atoms with E-state index in [0.717, 1.165) is 29.7 Å². The van der Waals surface area contributed by atoms with Crippen LogP contribution in [0.1, 0.15) is 31.4 Å². The standard InChI is InChI=1S/C20H20N2O2/c1-13(2)23-16-11-9-15(10-12-16)20-21-19(22-24-20)18-8-4-6-14-5-3-7-17(14)18/h4,6,8-13H,3,5,7H2,1-2H3. The van der Waals surface area contributed by atoms with Crippen molar-refractivity contribution in [3.63, 3.8) is 0 Å². The first-order chi connectivity index (χ1) is 11.7. The largest absolute Gasteiger partial charge is 0.491 e. The Morgan fingerprint density at radius 2 is 1.88 bits per heavy atom. The van der Waals surface area contributed by atoms with Crippen molar-refractivity contribution >= 4 is 0 Å². The van der Waals surface area contributed by atoms with Gasteiger partial charge in [-0.15, -0.1) is 0 Å². The number of nitrogens with zero attached hydrogens (tertiary/aromatic N) is 2. The van der Waals surface area contributed by atoms with Gasteiger partial charge in [-0.1, -0.05) is 23.4 Å². The average Bonchev–Trinajstić information content (AvgIpc) is 3.24. The van der Waals surface area contributed by atoms with Crippen molar-refractivity contribution in [1.29, 1.82) is 0 Å². The van der Waals surface area contributed by atoms with Gasteiger partial charge in [0.25, 0.3) is 5.89 Å². The topological polar surface area (TPSA) is 48.2 Å². The van der Waals surface area contributed by atoms with Crippen molar-refractivity contribution < 1.29 is 9.26 Å². The van der Waals surface area contributed by atoms with E-state index >= 15 is 0 Å². The number of aryl methyl sites for hydroxylation is 1. The second-order valence-electron chi connectivity index (χ2n) is 6.41. The third-order valence-electron chi connectivity index (χ3n) is 4.29. The molecule has 0 unspecified atom stereocenters. The second-order valence-corrected chi connectivity index (χ2v) is 6.41. The fraction of sp³-hybridized carbons (Fsp3) is 0.300. The molecule has 1 aliphatic carbocycles. The number of hydrogen-bond acceptors (Lipinski definition) is 4. The number of hydrogen-bond donors (Lipinski definition) is 0. The third kappa shape index (κ3) is 2.80. The molecule has 0 saturated carbocycles. The van der Waals surface area contributed by atoms with Crippen LogP contribution in [0.2, 0.25) is 0 Å². The molecule has 4 nitrogen and oxygen atoms in total. The van der Waals surface area contributed by atoms with Crippen LogP contribution in [0.5, 0.6) is 5.75 Å². The molecule has 0 atom stereocenters. The Bertz CT molecular complexity index is 850. The molecular weight excluding hydrogens is 300 g/mol. The van der Waals surface area contributed by atoms with E-state index in [1.54, 1.807) is 0 Å². The van der Waals surface area contributed by atoms with E-state index in [-0.39, 0.29) is 6.10 Å². The highest BCUT2D eigenvalue weighted by molar-refractivity contribution is 5.65. The Kier molecular flexibility index (Phi) is 3.81. The maximum absolute atomic E-state index is 5.66. The van der Waals surface area contributed by atoms with E-state index in [4.69, 9.17) is 9.26 Å². The van der Waals surface area contributed by atoms with Gasteiger partial charge in [-0.2, -0.15) is 4.98 Å². The number of fused-ring (bicyclic) bond motifs is 1. The lowest BCUT2D eigenvalue weighted by Gasteiger charge is -2.09. The average molecular weight is 320 g/mol. The molecule has 0 fully saturated rings. The van der Waals surface area contributed by atoms with E-state index < -0.39 is 0 Å². The van der Waals surface area contributed by atoms with Gasteiger partial charge in [0.05, 0.1) is 6.10 Å². The fourth-order valence-electron chi connectivity index (χ4n) is 3.23. The molecule has 0 radical (unpaired) electrons. The summed E-state index contributed by atoms with van der Waals surface area (Å²) in [4.78, 5) is 4.60. The highest BCUT2D eigenvalue weighted by atomic mass is 16.5. The van der Waals surface area contributed by atoms with Gasteiger partial charge in [-0.05, 0) is 68.5 Å². The minimum atomic E-state index is 0.158. The summed E-state index contributed by atoms with van der Waals surface area (Å²) < 4.78 is 11.1. The summed E-state index contributed by atoms with van der Waals surface area (Å²) >= 11 is 0. The van der Waals surface area contributed by atoms with Gasteiger partial charge in [0, 0.05) is 11.1 Å². The summed E-state index contributed by atoms with van der Waals surface area (Å²) in [6.07, 6.45) is 3.60. The van der Waals surface area contributed by atoms with E-state index in [0.29, 0.717) is 11.7 Å². The van der Waals surface area contributed by atoms with Crippen molar-refractivity contribution in [3.05, 3.63) is 53.6 Å². The molecule has 0 spiro atoms. The summed E-state index contributed by atoms with van der Waals surface area (Å²) in [5.74, 6) is 2.05. The van der Waals surface area contributed by atoms with Crippen molar-refractivity contribution in [2.75, 3.05) is 0 Å². The van der Waals surface area contributed by atoms with Crippen LogP contribution in [0.4, 0.5) is 0 Å². The molecule has 0 bridgehead atoms. The van der Waals surface area contributed by atoms with Crippen LogP contribution >= 0.6 is 0 Å². The Balaban J connectivity index is 1.63. The lowest BCUT2D eigenvalue weighted by atomic mass is 10.0. The maximum Gasteiger partial charge on any atom is 0.258 e. The van der Waals surface area contributed by atoms with Gasteiger partial charge < -0.3 is 9.26 Å². The van der Waals surface area contributed by atoms with Gasteiger partial charge in [-0.25, -0.2) is 0 Å². The van der Waals surface area contributed by atoms with E-state index in [2.05, 4.69) is 28.3 Å². The Hall–Kier alpha value is -2.62. The van der Waals surface area contributed by atoms with Crippen LogP contribution in [0.25, 0.3) is 22.8 Å². The monoisotopic (exact) mass is 320 g/mol. The number of benzene rings is 2. The first-order valence-electron chi connectivity index (χ1n) is 8.42. The molecule has 2 aromatic carbocycles. The first-order valence-corrected chi connectivity index (χ1v) is 8.42. The molecule has 0 aliphatic heterocycles. The normalized spacial score (nSPS) is 13.3. The van der Waals surface area contributed by atoms with Gasteiger partial charge >= 0.3 is 0 Å². The highest BCUT2D eigenvalue weighted by Gasteiger charge is 2.19. The minimum Gasteiger partial charge on any atom is -0.491 e. The lowest BCUT2D eigenvalue weighted by Crippen LogP contribution is -2.05. The van der Waals surface area contributed by atoms with Crippen LogP contribution in [-0.4, -0.2) is 16.2 Å². The first kappa shape index (κ1) is 14.9. The number of rotatable bonds is 4. The zero-order valence-electron chi connectivity index (χ0n) is 14.0. The van der Waals surface area contributed by atoms with E-state index in [1.165, 1.54) is 17.5 Å². The summed E-state index contributed by atoms with van der Waals surface area (Å²) in [5, 5.41) is 4.19. The molecule has 0 N–H and O–H groups in total. The number of ether oxygens (including phenoxy) is 1. The molecule has 0 amide bonds. The zero-order valence-corrected chi connectivity index (χ0v) is 14.0. The van der Waals surface area contributed by atoms with Crippen molar-refractivity contribution in [3.8, 4) is 28.6 Å². The lowest BCUT2D eigenvalue weighted by molar-refractivity contribution is 0.242. The predicted octanol–water partition coefficient (Wildman–Crippen LogP) is 4.68. The SMILES string of the molecule is CC(C)Oc1ccc(-c2nc(-c3cccc4c3CCC4)no2)cc1. The molecular formula is C20H20N2O2. The fourth-order valence-corrected chi connectivity index (χ4v) is 3.23. The van der Waals surface area contributed by atoms with E-state index in [9.17, 15) is 0 Å². The van der Waals surface area contributed by atoms with Gasteiger partial charge in [0.15, 0.2) is 0 Å². The second kappa shape index (κ2) is 6.11. The molecule has 4 heteroatoms. The summed E-state index contributed by atoms with van der Waals surface area (Å²) in [6.45, 7) is 4.02. The van der Waals surface area contributed by atoms with Crippen LogP contribution in [0.3, 0.4) is 0 Å². The van der Waals surface area contributed by atoms with E-state index in [1.807, 2.05) is 38.1 Å². The Morgan fingerprint density at radius 3 is 2.67 bits per heavy atom.